The fourth-order valence-electron chi connectivity index (χ4n) is 2.34. The van der Waals surface area contributed by atoms with E-state index in [1.807, 2.05) is 0 Å². The van der Waals surface area contributed by atoms with Crippen LogP contribution >= 0.6 is 11.3 Å². The second-order valence-electron chi connectivity index (χ2n) is 4.80. The van der Waals surface area contributed by atoms with Gasteiger partial charge in [-0.25, -0.2) is 4.98 Å². The minimum atomic E-state index is -0.782. The Kier molecular flexibility index (Phi) is 4.04. The van der Waals surface area contributed by atoms with Crippen molar-refractivity contribution in [3.8, 4) is 0 Å². The molecule has 0 spiro atoms. The fourth-order valence-corrected chi connectivity index (χ4v) is 3.14. The molecule has 6 nitrogen and oxygen atoms in total. The van der Waals surface area contributed by atoms with Crippen LogP contribution in [0.1, 0.15) is 34.6 Å². The zero-order valence-corrected chi connectivity index (χ0v) is 11.6. The van der Waals surface area contributed by atoms with Crippen LogP contribution in [0.4, 0.5) is 5.13 Å². The number of amides is 1. The van der Waals surface area contributed by atoms with E-state index >= 15 is 0 Å². The Morgan fingerprint density at radius 2 is 2.32 bits per heavy atom. The Balaban J connectivity index is 1.95. The van der Waals surface area contributed by atoms with Gasteiger partial charge in [-0.2, -0.15) is 0 Å². The van der Waals surface area contributed by atoms with Gasteiger partial charge in [0.05, 0.1) is 5.69 Å². The SMILES string of the molecule is Cc1nc(N)sc1C(=O)N1CCC(CCC(=O)O)C1. The minimum absolute atomic E-state index is 0.0375. The number of aromatic nitrogens is 1. The highest BCUT2D eigenvalue weighted by atomic mass is 32.1. The number of carboxylic acid groups (broad SMARTS) is 1. The second-order valence-corrected chi connectivity index (χ2v) is 5.84. The molecule has 1 fully saturated rings. The Bertz CT molecular complexity index is 500. The van der Waals surface area contributed by atoms with Gasteiger partial charge in [0.15, 0.2) is 5.13 Å². The molecule has 104 valence electrons. The monoisotopic (exact) mass is 283 g/mol. The average molecular weight is 283 g/mol. The van der Waals surface area contributed by atoms with Crippen LogP contribution in [-0.4, -0.2) is 40.0 Å². The van der Waals surface area contributed by atoms with E-state index in [0.717, 1.165) is 6.42 Å². The first-order valence-corrected chi connectivity index (χ1v) is 7.03. The van der Waals surface area contributed by atoms with Gasteiger partial charge in [-0.15, -0.1) is 0 Å². The van der Waals surface area contributed by atoms with Crippen LogP contribution in [0.25, 0.3) is 0 Å². The maximum atomic E-state index is 12.3. The lowest BCUT2D eigenvalue weighted by atomic mass is 10.0. The summed E-state index contributed by atoms with van der Waals surface area (Å²) < 4.78 is 0. The Labute approximate surface area is 115 Å². The number of aryl methyl sites for hydroxylation is 1. The molecule has 0 aromatic carbocycles. The Morgan fingerprint density at radius 3 is 2.89 bits per heavy atom. The van der Waals surface area contributed by atoms with Crippen molar-refractivity contribution in [2.24, 2.45) is 5.92 Å². The third-order valence-electron chi connectivity index (χ3n) is 3.35. The van der Waals surface area contributed by atoms with Gasteiger partial charge < -0.3 is 15.7 Å². The molecule has 1 unspecified atom stereocenters. The number of hydrogen-bond acceptors (Lipinski definition) is 5. The van der Waals surface area contributed by atoms with E-state index in [4.69, 9.17) is 10.8 Å². The number of rotatable bonds is 4. The number of carbonyl (C=O) groups is 2. The number of carbonyl (C=O) groups excluding carboxylic acids is 1. The van der Waals surface area contributed by atoms with Crippen LogP contribution in [0.15, 0.2) is 0 Å². The Morgan fingerprint density at radius 1 is 1.58 bits per heavy atom. The van der Waals surface area contributed by atoms with Crippen molar-refractivity contribution in [3.63, 3.8) is 0 Å². The molecular weight excluding hydrogens is 266 g/mol. The molecule has 19 heavy (non-hydrogen) atoms. The lowest BCUT2D eigenvalue weighted by molar-refractivity contribution is -0.137. The van der Waals surface area contributed by atoms with Crippen molar-refractivity contribution in [1.82, 2.24) is 9.88 Å². The number of nitrogens with zero attached hydrogens (tertiary/aromatic N) is 2. The predicted molar refractivity (Wildman–Crippen MR) is 72.1 cm³/mol. The van der Waals surface area contributed by atoms with Crippen LogP contribution in [0.3, 0.4) is 0 Å². The molecule has 0 aliphatic carbocycles. The molecule has 0 saturated carbocycles. The van der Waals surface area contributed by atoms with E-state index in [9.17, 15) is 9.59 Å². The summed E-state index contributed by atoms with van der Waals surface area (Å²) in [5, 5.41) is 9.07. The van der Waals surface area contributed by atoms with Crippen LogP contribution in [0.5, 0.6) is 0 Å². The lowest BCUT2D eigenvalue weighted by Gasteiger charge is -2.15. The zero-order chi connectivity index (χ0) is 14.0. The summed E-state index contributed by atoms with van der Waals surface area (Å²) in [6.45, 7) is 3.09. The molecule has 1 aromatic heterocycles. The van der Waals surface area contributed by atoms with E-state index in [1.165, 1.54) is 11.3 Å². The molecular formula is C12H17N3O3S. The first-order valence-electron chi connectivity index (χ1n) is 6.21. The van der Waals surface area contributed by atoms with E-state index in [2.05, 4.69) is 4.98 Å². The van der Waals surface area contributed by atoms with Crippen molar-refractivity contribution in [2.75, 3.05) is 18.8 Å². The zero-order valence-electron chi connectivity index (χ0n) is 10.8. The molecule has 1 aromatic rings. The summed E-state index contributed by atoms with van der Waals surface area (Å²) in [7, 11) is 0. The third kappa shape index (κ3) is 3.23. The number of carboxylic acids is 1. The van der Waals surface area contributed by atoms with Gasteiger partial charge in [-0.3, -0.25) is 9.59 Å². The van der Waals surface area contributed by atoms with E-state index in [-0.39, 0.29) is 18.2 Å². The lowest BCUT2D eigenvalue weighted by Crippen LogP contribution is -2.28. The van der Waals surface area contributed by atoms with Crippen LogP contribution in [-0.2, 0) is 4.79 Å². The van der Waals surface area contributed by atoms with Gasteiger partial charge in [0, 0.05) is 19.5 Å². The fraction of sp³-hybridized carbons (Fsp3) is 0.583. The van der Waals surface area contributed by atoms with Crippen molar-refractivity contribution < 1.29 is 14.7 Å². The molecule has 2 rings (SSSR count). The summed E-state index contributed by atoms with van der Waals surface area (Å²) in [5.41, 5.74) is 6.26. The second kappa shape index (κ2) is 5.56. The van der Waals surface area contributed by atoms with Gasteiger partial charge in [0.1, 0.15) is 4.88 Å². The first-order chi connectivity index (χ1) is 8.97. The maximum Gasteiger partial charge on any atom is 0.303 e. The van der Waals surface area contributed by atoms with Gasteiger partial charge in [0.25, 0.3) is 5.91 Å². The first kappa shape index (κ1) is 13.8. The van der Waals surface area contributed by atoms with E-state index in [1.54, 1.807) is 11.8 Å². The number of aliphatic carboxylic acids is 1. The van der Waals surface area contributed by atoms with Crippen LogP contribution in [0, 0.1) is 12.8 Å². The van der Waals surface area contributed by atoms with Crippen LogP contribution in [0.2, 0.25) is 0 Å². The summed E-state index contributed by atoms with van der Waals surface area (Å²) in [6.07, 6.45) is 1.66. The Hall–Kier alpha value is -1.63. The van der Waals surface area contributed by atoms with Crippen molar-refractivity contribution in [2.45, 2.75) is 26.2 Å². The van der Waals surface area contributed by atoms with Gasteiger partial charge in [0.2, 0.25) is 0 Å². The molecule has 2 heterocycles. The number of likely N-dealkylation sites (tertiary alicyclic amines) is 1. The van der Waals surface area contributed by atoms with E-state index < -0.39 is 5.97 Å². The van der Waals surface area contributed by atoms with Crippen molar-refractivity contribution in [1.29, 1.82) is 0 Å². The quantitative estimate of drug-likeness (QED) is 0.869. The maximum absolute atomic E-state index is 12.3. The number of hydrogen-bond donors (Lipinski definition) is 2. The smallest absolute Gasteiger partial charge is 0.303 e. The highest BCUT2D eigenvalue weighted by Gasteiger charge is 2.29. The molecule has 3 N–H and O–H groups in total. The van der Waals surface area contributed by atoms with Crippen molar-refractivity contribution in [3.05, 3.63) is 10.6 Å². The molecule has 1 saturated heterocycles. The summed E-state index contributed by atoms with van der Waals surface area (Å²) in [4.78, 5) is 29.2. The molecule has 0 radical (unpaired) electrons. The summed E-state index contributed by atoms with van der Waals surface area (Å²) >= 11 is 1.21. The normalized spacial score (nSPS) is 18.8. The third-order valence-corrected chi connectivity index (χ3v) is 4.32. The molecule has 0 bridgehead atoms. The highest BCUT2D eigenvalue weighted by Crippen LogP contribution is 2.26. The average Bonchev–Trinajstić information content (AvgIpc) is 2.92. The number of thiazole rings is 1. The van der Waals surface area contributed by atoms with Gasteiger partial charge in [-0.1, -0.05) is 11.3 Å². The highest BCUT2D eigenvalue weighted by molar-refractivity contribution is 7.17. The summed E-state index contributed by atoms with van der Waals surface area (Å²) in [5.74, 6) is -0.536. The van der Waals surface area contributed by atoms with Crippen molar-refractivity contribution >= 4 is 28.3 Å². The van der Waals surface area contributed by atoms with E-state index in [0.29, 0.717) is 35.2 Å². The molecule has 7 heteroatoms. The molecule has 1 aliphatic rings. The predicted octanol–water partition coefficient (Wildman–Crippen LogP) is 1.36. The largest absolute Gasteiger partial charge is 0.481 e. The van der Waals surface area contributed by atoms with Gasteiger partial charge in [-0.05, 0) is 25.7 Å². The molecule has 1 aliphatic heterocycles. The number of nitrogen functional groups attached to an aromatic ring is 1. The number of nitrogens with two attached hydrogens (primary N) is 1. The number of anilines is 1. The van der Waals surface area contributed by atoms with Gasteiger partial charge >= 0.3 is 5.97 Å². The molecule has 1 atom stereocenters. The standard InChI is InChI=1S/C12H17N3O3S/c1-7-10(19-12(13)14-7)11(18)15-5-4-8(6-15)2-3-9(16)17/h8H,2-6H2,1H3,(H2,13,14)(H,16,17). The minimum Gasteiger partial charge on any atom is -0.481 e. The van der Waals surface area contributed by atoms with Crippen LogP contribution < -0.4 is 5.73 Å². The molecule has 1 amide bonds. The topological polar surface area (TPSA) is 96.5 Å². The summed E-state index contributed by atoms with van der Waals surface area (Å²) in [6, 6.07) is 0.